The SMILES string of the molecule is CC(=O)CCCNCc1cc(Cl)c(OCc2cccc(-c3ccc4c(c3)OCCO4)c2C)cc1OCc1cccc(C#N)c1. The quantitative estimate of drug-likeness (QED) is 0.156. The monoisotopic (exact) mass is 610 g/mol. The molecule has 8 heteroatoms. The zero-order valence-electron chi connectivity index (χ0n) is 25.0. The molecule has 0 radical (unpaired) electrons. The Bertz CT molecular complexity index is 1680. The van der Waals surface area contributed by atoms with Crippen LogP contribution in [-0.4, -0.2) is 25.5 Å². The molecule has 0 saturated heterocycles. The predicted octanol–water partition coefficient (Wildman–Crippen LogP) is 7.58. The summed E-state index contributed by atoms with van der Waals surface area (Å²) in [5, 5.41) is 13.1. The first-order valence-electron chi connectivity index (χ1n) is 14.7. The van der Waals surface area contributed by atoms with E-state index in [0.717, 1.165) is 51.3 Å². The molecule has 0 aliphatic carbocycles. The minimum absolute atomic E-state index is 0.173. The van der Waals surface area contributed by atoms with Crippen LogP contribution >= 0.6 is 11.6 Å². The van der Waals surface area contributed by atoms with Crippen LogP contribution in [0.1, 0.15) is 47.6 Å². The fourth-order valence-corrected chi connectivity index (χ4v) is 5.30. The lowest BCUT2D eigenvalue weighted by molar-refractivity contribution is -0.117. The van der Waals surface area contributed by atoms with Gasteiger partial charge < -0.3 is 29.1 Å². The van der Waals surface area contributed by atoms with E-state index >= 15 is 0 Å². The first-order valence-corrected chi connectivity index (χ1v) is 15.0. The maximum Gasteiger partial charge on any atom is 0.161 e. The highest BCUT2D eigenvalue weighted by molar-refractivity contribution is 6.32. The largest absolute Gasteiger partial charge is 0.488 e. The summed E-state index contributed by atoms with van der Waals surface area (Å²) in [6.45, 7) is 6.58. The third-order valence-electron chi connectivity index (χ3n) is 7.45. The minimum Gasteiger partial charge on any atom is -0.488 e. The molecule has 0 spiro atoms. The van der Waals surface area contributed by atoms with Crippen molar-refractivity contribution < 1.29 is 23.7 Å². The Hall–Kier alpha value is -4.51. The van der Waals surface area contributed by atoms with E-state index in [1.165, 1.54) is 0 Å². The molecule has 0 fully saturated rings. The Kier molecular flexibility index (Phi) is 10.4. The third kappa shape index (κ3) is 7.90. The van der Waals surface area contributed by atoms with E-state index in [9.17, 15) is 10.1 Å². The fourth-order valence-electron chi connectivity index (χ4n) is 5.06. The zero-order chi connectivity index (χ0) is 30.9. The molecule has 44 heavy (non-hydrogen) atoms. The first-order chi connectivity index (χ1) is 21.4. The standard InChI is InChI=1S/C36H35ClN2O5/c1-24(40)6-5-13-39-21-30-17-32(37)35(19-34(30)43-22-27-8-3-7-26(16-27)20-38)44-23-29-9-4-10-31(25(29)2)28-11-12-33-36(18-28)42-15-14-41-33/h3-4,7-12,16-19,39H,5-6,13-15,21-23H2,1-2H3. The lowest BCUT2D eigenvalue weighted by Gasteiger charge is -2.20. The van der Waals surface area contributed by atoms with Crippen molar-refractivity contribution in [1.82, 2.24) is 5.32 Å². The summed E-state index contributed by atoms with van der Waals surface area (Å²) in [7, 11) is 0. The Morgan fingerprint density at radius 3 is 2.55 bits per heavy atom. The van der Waals surface area contributed by atoms with Gasteiger partial charge in [0.05, 0.1) is 16.7 Å². The number of hydrogen-bond acceptors (Lipinski definition) is 7. The fraction of sp³-hybridized carbons (Fsp3) is 0.278. The molecule has 0 atom stereocenters. The maximum atomic E-state index is 11.3. The van der Waals surface area contributed by atoms with Crippen molar-refractivity contribution in [1.29, 1.82) is 5.26 Å². The van der Waals surface area contributed by atoms with Crippen molar-refractivity contribution >= 4 is 17.4 Å². The summed E-state index contributed by atoms with van der Waals surface area (Å²) >= 11 is 6.73. The van der Waals surface area contributed by atoms with Gasteiger partial charge in [-0.2, -0.15) is 5.26 Å². The number of carbonyl (C=O) groups is 1. The molecule has 5 rings (SSSR count). The van der Waals surface area contributed by atoms with Gasteiger partial charge in [0.1, 0.15) is 43.7 Å². The van der Waals surface area contributed by atoms with E-state index in [1.54, 1.807) is 13.0 Å². The second kappa shape index (κ2) is 14.8. The smallest absolute Gasteiger partial charge is 0.161 e. The van der Waals surface area contributed by atoms with Gasteiger partial charge in [-0.15, -0.1) is 0 Å². The molecule has 1 heterocycles. The van der Waals surface area contributed by atoms with E-state index in [-0.39, 0.29) is 12.4 Å². The maximum absolute atomic E-state index is 11.3. The van der Waals surface area contributed by atoms with Crippen LogP contribution in [0.25, 0.3) is 11.1 Å². The molecule has 0 bridgehead atoms. The molecule has 0 amide bonds. The molecule has 0 unspecified atom stereocenters. The topological polar surface area (TPSA) is 89.8 Å². The molecule has 1 aliphatic rings. The number of nitrogens with zero attached hydrogens (tertiary/aromatic N) is 1. The van der Waals surface area contributed by atoms with E-state index < -0.39 is 0 Å². The molecule has 4 aromatic rings. The van der Waals surface area contributed by atoms with Crippen LogP contribution < -0.4 is 24.3 Å². The van der Waals surface area contributed by atoms with E-state index in [0.29, 0.717) is 61.4 Å². The van der Waals surface area contributed by atoms with Gasteiger partial charge in [-0.05, 0) is 85.0 Å². The van der Waals surface area contributed by atoms with Crippen molar-refractivity contribution in [3.05, 3.63) is 106 Å². The van der Waals surface area contributed by atoms with E-state index in [4.69, 9.17) is 30.5 Å². The van der Waals surface area contributed by atoms with Gasteiger partial charge in [0, 0.05) is 24.6 Å². The molecule has 0 aromatic heterocycles. The summed E-state index contributed by atoms with van der Waals surface area (Å²) in [4.78, 5) is 11.3. The molecule has 1 aliphatic heterocycles. The Morgan fingerprint density at radius 2 is 1.73 bits per heavy atom. The first kappa shape index (κ1) is 30.9. The number of benzene rings is 4. The number of nitriles is 1. The lowest BCUT2D eigenvalue weighted by Crippen LogP contribution is -2.16. The van der Waals surface area contributed by atoms with Crippen LogP contribution in [-0.2, 0) is 24.6 Å². The van der Waals surface area contributed by atoms with Crippen LogP contribution in [0.4, 0.5) is 0 Å². The molecule has 7 nitrogen and oxygen atoms in total. The molecular formula is C36H35ClN2O5. The number of hydrogen-bond donors (Lipinski definition) is 1. The number of Topliss-reactive ketones (excluding diaryl/α,β-unsaturated/α-hetero) is 1. The molecular weight excluding hydrogens is 576 g/mol. The zero-order valence-corrected chi connectivity index (χ0v) is 25.7. The Balaban J connectivity index is 1.33. The number of fused-ring (bicyclic) bond motifs is 1. The summed E-state index contributed by atoms with van der Waals surface area (Å²) in [5.74, 6) is 2.83. The van der Waals surface area contributed by atoms with Crippen molar-refractivity contribution in [2.75, 3.05) is 19.8 Å². The average molecular weight is 611 g/mol. The summed E-state index contributed by atoms with van der Waals surface area (Å²) in [5.41, 5.74) is 6.59. The minimum atomic E-state index is 0.173. The van der Waals surface area contributed by atoms with Gasteiger partial charge in [0.2, 0.25) is 0 Å². The Labute approximate surface area is 263 Å². The lowest BCUT2D eigenvalue weighted by atomic mass is 9.96. The summed E-state index contributed by atoms with van der Waals surface area (Å²) < 4.78 is 24.0. The highest BCUT2D eigenvalue weighted by atomic mass is 35.5. The number of ketones is 1. The van der Waals surface area contributed by atoms with Gasteiger partial charge in [0.15, 0.2) is 11.5 Å². The number of ether oxygens (including phenoxy) is 4. The Morgan fingerprint density at radius 1 is 0.932 bits per heavy atom. The normalized spacial score (nSPS) is 12.0. The van der Waals surface area contributed by atoms with E-state index in [1.807, 2.05) is 60.7 Å². The van der Waals surface area contributed by atoms with Gasteiger partial charge in [0.25, 0.3) is 0 Å². The van der Waals surface area contributed by atoms with Gasteiger partial charge in [-0.3, -0.25) is 0 Å². The molecule has 0 saturated carbocycles. The second-order valence-corrected chi connectivity index (χ2v) is 11.1. The average Bonchev–Trinajstić information content (AvgIpc) is 3.04. The highest BCUT2D eigenvalue weighted by Crippen LogP contribution is 2.37. The number of nitrogens with one attached hydrogen (secondary N) is 1. The van der Waals surface area contributed by atoms with Crippen LogP contribution in [0.3, 0.4) is 0 Å². The molecule has 1 N–H and O–H groups in total. The van der Waals surface area contributed by atoms with Crippen molar-refractivity contribution in [3.63, 3.8) is 0 Å². The van der Waals surface area contributed by atoms with Gasteiger partial charge in [-0.1, -0.05) is 48.0 Å². The number of halogens is 1. The van der Waals surface area contributed by atoms with Gasteiger partial charge >= 0.3 is 0 Å². The van der Waals surface area contributed by atoms with Gasteiger partial charge in [-0.25, -0.2) is 0 Å². The second-order valence-electron chi connectivity index (χ2n) is 10.7. The summed E-state index contributed by atoms with van der Waals surface area (Å²) in [6, 6.07) is 25.3. The predicted molar refractivity (Wildman–Crippen MR) is 170 cm³/mol. The molecule has 4 aromatic carbocycles. The van der Waals surface area contributed by atoms with Crippen molar-refractivity contribution in [3.8, 4) is 40.2 Å². The van der Waals surface area contributed by atoms with Crippen molar-refractivity contribution in [2.24, 2.45) is 0 Å². The molecule has 226 valence electrons. The van der Waals surface area contributed by atoms with Crippen LogP contribution in [0.15, 0.2) is 72.8 Å². The highest BCUT2D eigenvalue weighted by Gasteiger charge is 2.16. The number of rotatable bonds is 13. The van der Waals surface area contributed by atoms with E-state index in [2.05, 4.69) is 24.4 Å². The summed E-state index contributed by atoms with van der Waals surface area (Å²) in [6.07, 6.45) is 1.29. The third-order valence-corrected chi connectivity index (χ3v) is 7.74. The van der Waals surface area contributed by atoms with Crippen LogP contribution in [0.5, 0.6) is 23.0 Å². The van der Waals surface area contributed by atoms with Crippen molar-refractivity contribution in [2.45, 2.75) is 46.4 Å². The number of carbonyl (C=O) groups excluding carboxylic acids is 1. The van der Waals surface area contributed by atoms with Crippen LogP contribution in [0, 0.1) is 18.3 Å². The van der Waals surface area contributed by atoms with Crippen LogP contribution in [0.2, 0.25) is 5.02 Å².